The van der Waals surface area contributed by atoms with Crippen molar-refractivity contribution in [2.45, 2.75) is 13.1 Å². The molecule has 0 saturated carbocycles. The van der Waals surface area contributed by atoms with E-state index in [0.29, 0.717) is 11.4 Å². The Bertz CT molecular complexity index is 808. The van der Waals surface area contributed by atoms with Crippen LogP contribution in [0.2, 0.25) is 5.02 Å². The minimum absolute atomic E-state index is 0.0495. The van der Waals surface area contributed by atoms with Gasteiger partial charge in [-0.1, -0.05) is 11.6 Å². The van der Waals surface area contributed by atoms with Crippen molar-refractivity contribution >= 4 is 40.5 Å². The summed E-state index contributed by atoms with van der Waals surface area (Å²) in [7, 11) is 0. The number of anilines is 3. The van der Waals surface area contributed by atoms with Crippen LogP contribution in [0.5, 0.6) is 0 Å². The van der Waals surface area contributed by atoms with E-state index in [0.717, 1.165) is 6.07 Å². The molecule has 0 radical (unpaired) electrons. The summed E-state index contributed by atoms with van der Waals surface area (Å²) in [5.74, 6) is -0.755. The molecule has 2 rings (SSSR count). The van der Waals surface area contributed by atoms with Gasteiger partial charge in [0, 0.05) is 29.0 Å². The molecule has 0 aliphatic carbocycles. The summed E-state index contributed by atoms with van der Waals surface area (Å²) in [5, 5.41) is 7.52. The fraction of sp³-hybridized carbons (Fsp3) is 0.176. The fourth-order valence-corrected chi connectivity index (χ4v) is 2.30. The number of rotatable bonds is 5. The Hall–Kier alpha value is -2.74. The van der Waals surface area contributed by atoms with Crippen molar-refractivity contribution in [1.29, 1.82) is 0 Å². The van der Waals surface area contributed by atoms with Crippen molar-refractivity contribution in [3.05, 3.63) is 53.1 Å². The van der Waals surface area contributed by atoms with Gasteiger partial charge in [-0.25, -0.2) is 0 Å². The van der Waals surface area contributed by atoms with Crippen LogP contribution in [0.4, 0.5) is 30.2 Å². The van der Waals surface area contributed by atoms with Crippen LogP contribution in [0.1, 0.15) is 12.5 Å². The summed E-state index contributed by atoms with van der Waals surface area (Å²) < 4.78 is 39.0. The van der Waals surface area contributed by atoms with Gasteiger partial charge in [-0.3, -0.25) is 9.59 Å². The lowest BCUT2D eigenvalue weighted by molar-refractivity contribution is -0.137. The molecule has 5 nitrogen and oxygen atoms in total. The summed E-state index contributed by atoms with van der Waals surface area (Å²) in [5.41, 5.74) is -0.182. The largest absolute Gasteiger partial charge is 0.418 e. The van der Waals surface area contributed by atoms with Crippen LogP contribution in [0, 0.1) is 0 Å². The number of nitrogens with one attached hydrogen (secondary N) is 3. The number of carbonyl (C=O) groups excluding carboxylic acids is 2. The Kier molecular flexibility index (Phi) is 6.10. The van der Waals surface area contributed by atoms with Gasteiger partial charge in [0.05, 0.1) is 12.1 Å². The maximum atomic E-state index is 13.0. The van der Waals surface area contributed by atoms with Crippen LogP contribution in [0.15, 0.2) is 42.5 Å². The van der Waals surface area contributed by atoms with Gasteiger partial charge in [0.1, 0.15) is 0 Å². The SMILES string of the molecule is CC(=O)Nc1ccc(NC(=O)CNc2ccc(Cl)cc2C(F)(F)F)cc1. The molecule has 0 aliphatic rings. The Balaban J connectivity index is 1.98. The third-order valence-corrected chi connectivity index (χ3v) is 3.45. The molecular weight excluding hydrogens is 371 g/mol. The van der Waals surface area contributed by atoms with E-state index < -0.39 is 17.6 Å². The standard InChI is InChI=1S/C17H15ClF3N3O2/c1-10(25)23-12-3-5-13(6-4-12)24-16(26)9-22-15-7-2-11(18)8-14(15)17(19,20)21/h2-8,22H,9H2,1H3,(H,23,25)(H,24,26). The minimum Gasteiger partial charge on any atom is -0.376 e. The number of halogens is 4. The zero-order valence-corrected chi connectivity index (χ0v) is 14.3. The summed E-state index contributed by atoms with van der Waals surface area (Å²) in [6.45, 7) is 1.01. The van der Waals surface area contributed by atoms with Crippen molar-refractivity contribution in [2.24, 2.45) is 0 Å². The highest BCUT2D eigenvalue weighted by Crippen LogP contribution is 2.36. The summed E-state index contributed by atoms with van der Waals surface area (Å²) in [4.78, 5) is 22.9. The average Bonchev–Trinajstić information content (AvgIpc) is 2.54. The van der Waals surface area contributed by atoms with E-state index in [1.54, 1.807) is 24.3 Å². The first kappa shape index (κ1) is 19.6. The smallest absolute Gasteiger partial charge is 0.376 e. The van der Waals surface area contributed by atoms with Crippen molar-refractivity contribution < 1.29 is 22.8 Å². The lowest BCUT2D eigenvalue weighted by atomic mass is 10.1. The zero-order chi connectivity index (χ0) is 19.3. The molecule has 0 bridgehead atoms. The van der Waals surface area contributed by atoms with Gasteiger partial charge in [0.25, 0.3) is 0 Å². The molecule has 2 aromatic carbocycles. The first-order valence-corrected chi connectivity index (χ1v) is 7.81. The highest BCUT2D eigenvalue weighted by Gasteiger charge is 2.33. The van der Waals surface area contributed by atoms with E-state index in [4.69, 9.17) is 11.6 Å². The predicted octanol–water partition coefficient (Wildman–Crippen LogP) is 4.37. The Morgan fingerprint density at radius 3 is 2.12 bits per heavy atom. The molecule has 26 heavy (non-hydrogen) atoms. The van der Waals surface area contributed by atoms with Gasteiger partial charge in [0.2, 0.25) is 11.8 Å². The summed E-state index contributed by atoms with van der Waals surface area (Å²) in [6, 6.07) is 9.57. The summed E-state index contributed by atoms with van der Waals surface area (Å²) >= 11 is 5.60. The van der Waals surface area contributed by atoms with E-state index in [1.165, 1.54) is 19.1 Å². The highest BCUT2D eigenvalue weighted by atomic mass is 35.5. The number of benzene rings is 2. The van der Waals surface area contributed by atoms with Crippen LogP contribution in [-0.4, -0.2) is 18.4 Å². The normalized spacial score (nSPS) is 11.0. The molecule has 0 unspecified atom stereocenters. The van der Waals surface area contributed by atoms with Crippen LogP contribution < -0.4 is 16.0 Å². The Morgan fingerprint density at radius 2 is 1.58 bits per heavy atom. The van der Waals surface area contributed by atoms with Gasteiger partial charge in [0.15, 0.2) is 0 Å². The zero-order valence-electron chi connectivity index (χ0n) is 13.6. The molecule has 138 valence electrons. The molecule has 3 N–H and O–H groups in total. The van der Waals surface area contributed by atoms with E-state index in [2.05, 4.69) is 16.0 Å². The molecule has 0 aromatic heterocycles. The van der Waals surface area contributed by atoms with Gasteiger partial charge >= 0.3 is 6.18 Å². The average molecular weight is 386 g/mol. The number of hydrogen-bond acceptors (Lipinski definition) is 3. The van der Waals surface area contributed by atoms with E-state index in [-0.39, 0.29) is 23.2 Å². The molecule has 2 amide bonds. The minimum atomic E-state index is -4.59. The second-order valence-corrected chi connectivity index (χ2v) is 5.78. The van der Waals surface area contributed by atoms with Gasteiger partial charge in [-0.2, -0.15) is 13.2 Å². The number of alkyl halides is 3. The third kappa shape index (κ3) is 5.66. The van der Waals surface area contributed by atoms with Gasteiger partial charge in [-0.15, -0.1) is 0 Å². The van der Waals surface area contributed by atoms with Crippen LogP contribution in [0.3, 0.4) is 0 Å². The van der Waals surface area contributed by atoms with E-state index in [9.17, 15) is 22.8 Å². The van der Waals surface area contributed by atoms with Gasteiger partial charge in [-0.05, 0) is 42.5 Å². The maximum absolute atomic E-state index is 13.0. The van der Waals surface area contributed by atoms with E-state index >= 15 is 0 Å². The second-order valence-electron chi connectivity index (χ2n) is 5.35. The fourth-order valence-electron chi connectivity index (χ4n) is 2.13. The number of amides is 2. The van der Waals surface area contributed by atoms with Crippen LogP contribution in [0.25, 0.3) is 0 Å². The molecule has 9 heteroatoms. The molecule has 0 saturated heterocycles. The second kappa shape index (κ2) is 8.09. The highest BCUT2D eigenvalue weighted by molar-refractivity contribution is 6.30. The van der Waals surface area contributed by atoms with Crippen LogP contribution in [-0.2, 0) is 15.8 Å². The molecule has 2 aromatic rings. The predicted molar refractivity (Wildman–Crippen MR) is 94.3 cm³/mol. The monoisotopic (exact) mass is 385 g/mol. The quantitative estimate of drug-likeness (QED) is 0.716. The Labute approximate surface area is 152 Å². The first-order chi connectivity index (χ1) is 12.1. The molecular formula is C17H15ClF3N3O2. The topological polar surface area (TPSA) is 70.2 Å². The van der Waals surface area contributed by atoms with Gasteiger partial charge < -0.3 is 16.0 Å². The van der Waals surface area contributed by atoms with Crippen LogP contribution >= 0.6 is 11.6 Å². The molecule has 0 fully saturated rings. The first-order valence-electron chi connectivity index (χ1n) is 7.43. The Morgan fingerprint density at radius 1 is 1.00 bits per heavy atom. The van der Waals surface area contributed by atoms with Crippen molar-refractivity contribution in [2.75, 3.05) is 22.5 Å². The van der Waals surface area contributed by atoms with Crippen molar-refractivity contribution in [3.63, 3.8) is 0 Å². The molecule has 0 heterocycles. The maximum Gasteiger partial charge on any atom is 0.418 e. The lowest BCUT2D eigenvalue weighted by Crippen LogP contribution is -2.23. The third-order valence-electron chi connectivity index (χ3n) is 3.22. The summed E-state index contributed by atoms with van der Waals surface area (Å²) in [6.07, 6.45) is -4.59. The van der Waals surface area contributed by atoms with E-state index in [1.807, 2.05) is 0 Å². The molecule has 0 atom stereocenters. The van der Waals surface area contributed by atoms with Crippen molar-refractivity contribution in [3.8, 4) is 0 Å². The lowest BCUT2D eigenvalue weighted by Gasteiger charge is -2.15. The molecule has 0 spiro atoms. The number of hydrogen-bond donors (Lipinski definition) is 3. The molecule has 0 aliphatic heterocycles. The number of carbonyl (C=O) groups is 2. The van der Waals surface area contributed by atoms with Crippen molar-refractivity contribution in [1.82, 2.24) is 0 Å².